The number of hydrogen-bond acceptors (Lipinski definition) is 1. The average Bonchev–Trinajstić information content (AvgIpc) is 2.13. The van der Waals surface area contributed by atoms with Gasteiger partial charge < -0.3 is 5.11 Å². The van der Waals surface area contributed by atoms with Gasteiger partial charge in [0.05, 0.1) is 6.10 Å². The summed E-state index contributed by atoms with van der Waals surface area (Å²) in [5.74, 6) is 1.24. The summed E-state index contributed by atoms with van der Waals surface area (Å²) in [6, 6.07) is 0. The molecule has 0 aromatic rings. The van der Waals surface area contributed by atoms with Crippen LogP contribution in [0.1, 0.15) is 66.2 Å². The van der Waals surface area contributed by atoms with Gasteiger partial charge >= 0.3 is 0 Å². The highest BCUT2D eigenvalue weighted by molar-refractivity contribution is 4.70. The minimum Gasteiger partial charge on any atom is -0.393 e. The number of unbranched alkanes of at least 4 members (excludes halogenated alkanes) is 1. The molecule has 14 heavy (non-hydrogen) atoms. The molecular formula is C13H28O. The van der Waals surface area contributed by atoms with Gasteiger partial charge in [0.2, 0.25) is 0 Å². The van der Waals surface area contributed by atoms with E-state index in [-0.39, 0.29) is 6.10 Å². The van der Waals surface area contributed by atoms with Crippen molar-refractivity contribution in [2.24, 2.45) is 11.8 Å². The van der Waals surface area contributed by atoms with Crippen LogP contribution in [0.3, 0.4) is 0 Å². The lowest BCUT2D eigenvalue weighted by molar-refractivity contribution is 0.0792. The molecule has 0 saturated carbocycles. The quantitative estimate of drug-likeness (QED) is 0.628. The molecule has 86 valence electrons. The monoisotopic (exact) mass is 200 g/mol. The highest BCUT2D eigenvalue weighted by Crippen LogP contribution is 2.23. The molecular weight excluding hydrogens is 172 g/mol. The van der Waals surface area contributed by atoms with E-state index in [1.807, 2.05) is 0 Å². The standard InChI is InChI=1S/C13H28O/c1-5-7-9-13(14)12(8-6-2)10-11(3)4/h11-14H,5-10H2,1-4H3. The first-order chi connectivity index (χ1) is 6.61. The Labute approximate surface area is 89.9 Å². The summed E-state index contributed by atoms with van der Waals surface area (Å²) in [4.78, 5) is 0. The van der Waals surface area contributed by atoms with Crippen LogP contribution in [0.4, 0.5) is 0 Å². The van der Waals surface area contributed by atoms with Crippen LogP contribution in [0.15, 0.2) is 0 Å². The maximum absolute atomic E-state index is 10.0. The van der Waals surface area contributed by atoms with Gasteiger partial charge in [-0.1, -0.05) is 47.0 Å². The lowest BCUT2D eigenvalue weighted by atomic mass is 9.86. The fraction of sp³-hybridized carbons (Fsp3) is 1.00. The van der Waals surface area contributed by atoms with E-state index in [2.05, 4.69) is 27.7 Å². The lowest BCUT2D eigenvalue weighted by Crippen LogP contribution is -2.22. The highest BCUT2D eigenvalue weighted by atomic mass is 16.3. The molecule has 0 bridgehead atoms. The van der Waals surface area contributed by atoms with Crippen LogP contribution in [0.5, 0.6) is 0 Å². The third kappa shape index (κ3) is 6.42. The van der Waals surface area contributed by atoms with Crippen LogP contribution < -0.4 is 0 Å². The first kappa shape index (κ1) is 14.0. The van der Waals surface area contributed by atoms with Crippen LogP contribution in [0.25, 0.3) is 0 Å². The summed E-state index contributed by atoms with van der Waals surface area (Å²) < 4.78 is 0. The van der Waals surface area contributed by atoms with Crippen molar-refractivity contribution in [3.63, 3.8) is 0 Å². The van der Waals surface area contributed by atoms with E-state index in [9.17, 15) is 5.11 Å². The summed E-state index contributed by atoms with van der Waals surface area (Å²) in [5.41, 5.74) is 0. The molecule has 0 rings (SSSR count). The third-order valence-electron chi connectivity index (χ3n) is 2.83. The van der Waals surface area contributed by atoms with Crippen molar-refractivity contribution < 1.29 is 5.11 Å². The Hall–Kier alpha value is -0.0400. The molecule has 1 heteroatoms. The molecule has 0 fully saturated rings. The molecule has 0 heterocycles. The minimum absolute atomic E-state index is 0.0581. The molecule has 0 saturated heterocycles. The van der Waals surface area contributed by atoms with Crippen molar-refractivity contribution in [1.82, 2.24) is 0 Å². The number of aliphatic hydroxyl groups excluding tert-OH is 1. The fourth-order valence-corrected chi connectivity index (χ4v) is 2.09. The maximum atomic E-state index is 10.0. The maximum Gasteiger partial charge on any atom is 0.0568 e. The summed E-state index contributed by atoms with van der Waals surface area (Å²) in [6.07, 6.45) is 6.85. The van der Waals surface area contributed by atoms with Crippen LogP contribution in [-0.4, -0.2) is 11.2 Å². The molecule has 1 N–H and O–H groups in total. The normalized spacial score (nSPS) is 15.9. The Morgan fingerprint density at radius 3 is 2.07 bits per heavy atom. The molecule has 0 aromatic heterocycles. The van der Waals surface area contributed by atoms with Gasteiger partial charge in [-0.15, -0.1) is 0 Å². The summed E-state index contributed by atoms with van der Waals surface area (Å²) in [5, 5.41) is 10.0. The van der Waals surface area contributed by atoms with Crippen LogP contribution in [0, 0.1) is 11.8 Å². The average molecular weight is 200 g/mol. The van der Waals surface area contributed by atoms with Gasteiger partial charge in [-0.25, -0.2) is 0 Å². The van der Waals surface area contributed by atoms with Gasteiger partial charge in [0, 0.05) is 0 Å². The van der Waals surface area contributed by atoms with Gasteiger partial charge in [-0.05, 0) is 31.1 Å². The Morgan fingerprint density at radius 1 is 1.00 bits per heavy atom. The summed E-state index contributed by atoms with van der Waals surface area (Å²) >= 11 is 0. The van der Waals surface area contributed by atoms with Crippen LogP contribution >= 0.6 is 0 Å². The first-order valence-corrected chi connectivity index (χ1v) is 6.29. The Morgan fingerprint density at radius 2 is 1.64 bits per heavy atom. The Balaban J connectivity index is 3.90. The van der Waals surface area contributed by atoms with Crippen LogP contribution in [-0.2, 0) is 0 Å². The predicted octanol–water partition coefficient (Wildman–Crippen LogP) is 4.00. The molecule has 2 atom stereocenters. The molecule has 0 amide bonds. The van der Waals surface area contributed by atoms with Gasteiger partial charge in [0.1, 0.15) is 0 Å². The van der Waals surface area contributed by atoms with E-state index in [1.165, 1.54) is 32.1 Å². The first-order valence-electron chi connectivity index (χ1n) is 6.29. The second kappa shape index (κ2) is 8.28. The molecule has 0 aliphatic carbocycles. The zero-order chi connectivity index (χ0) is 11.0. The number of aliphatic hydroxyl groups is 1. The molecule has 0 aromatic carbocycles. The van der Waals surface area contributed by atoms with Gasteiger partial charge in [-0.3, -0.25) is 0 Å². The van der Waals surface area contributed by atoms with Crippen molar-refractivity contribution in [1.29, 1.82) is 0 Å². The number of hydrogen-bond donors (Lipinski definition) is 1. The zero-order valence-corrected chi connectivity index (χ0v) is 10.4. The molecule has 2 unspecified atom stereocenters. The zero-order valence-electron chi connectivity index (χ0n) is 10.4. The van der Waals surface area contributed by atoms with Gasteiger partial charge in [0.15, 0.2) is 0 Å². The van der Waals surface area contributed by atoms with Crippen molar-refractivity contribution in [2.45, 2.75) is 72.3 Å². The summed E-state index contributed by atoms with van der Waals surface area (Å²) in [6.45, 7) is 8.88. The van der Waals surface area contributed by atoms with E-state index >= 15 is 0 Å². The predicted molar refractivity (Wildman–Crippen MR) is 63.4 cm³/mol. The summed E-state index contributed by atoms with van der Waals surface area (Å²) in [7, 11) is 0. The second-order valence-corrected chi connectivity index (χ2v) is 4.89. The molecule has 1 nitrogen and oxygen atoms in total. The lowest BCUT2D eigenvalue weighted by Gasteiger charge is -2.24. The topological polar surface area (TPSA) is 20.2 Å². The largest absolute Gasteiger partial charge is 0.393 e. The highest BCUT2D eigenvalue weighted by Gasteiger charge is 2.18. The van der Waals surface area contributed by atoms with E-state index in [0.717, 1.165) is 6.42 Å². The molecule has 0 aliphatic heterocycles. The van der Waals surface area contributed by atoms with Crippen molar-refractivity contribution in [3.05, 3.63) is 0 Å². The Bertz CT molecular complexity index is 120. The molecule has 0 radical (unpaired) electrons. The fourth-order valence-electron chi connectivity index (χ4n) is 2.09. The van der Waals surface area contributed by atoms with Crippen LogP contribution in [0.2, 0.25) is 0 Å². The van der Waals surface area contributed by atoms with Crippen molar-refractivity contribution >= 4 is 0 Å². The third-order valence-corrected chi connectivity index (χ3v) is 2.83. The SMILES string of the molecule is CCCCC(O)C(CCC)CC(C)C. The second-order valence-electron chi connectivity index (χ2n) is 4.89. The van der Waals surface area contributed by atoms with E-state index in [0.29, 0.717) is 11.8 Å². The van der Waals surface area contributed by atoms with Gasteiger partial charge in [0.25, 0.3) is 0 Å². The van der Waals surface area contributed by atoms with Crippen molar-refractivity contribution in [2.75, 3.05) is 0 Å². The molecule has 0 aliphatic rings. The van der Waals surface area contributed by atoms with Crippen molar-refractivity contribution in [3.8, 4) is 0 Å². The smallest absolute Gasteiger partial charge is 0.0568 e. The van der Waals surface area contributed by atoms with E-state index < -0.39 is 0 Å². The van der Waals surface area contributed by atoms with Gasteiger partial charge in [-0.2, -0.15) is 0 Å². The van der Waals surface area contributed by atoms with E-state index in [4.69, 9.17) is 0 Å². The van der Waals surface area contributed by atoms with E-state index in [1.54, 1.807) is 0 Å². The molecule has 0 spiro atoms. The number of rotatable bonds is 8. The minimum atomic E-state index is -0.0581. The Kier molecular flexibility index (Phi) is 8.26.